The molecule has 0 heterocycles. The first kappa shape index (κ1) is 23.8. The molecule has 3 rings (SSSR count). The lowest BCUT2D eigenvalue weighted by Gasteiger charge is -2.20. The van der Waals surface area contributed by atoms with Crippen LogP contribution in [0.1, 0.15) is 18.1 Å². The van der Waals surface area contributed by atoms with E-state index >= 15 is 0 Å². The molecule has 0 aromatic heterocycles. The Balaban J connectivity index is 1.88. The van der Waals surface area contributed by atoms with Gasteiger partial charge in [-0.05, 0) is 61.7 Å². The molecule has 6 nitrogen and oxygen atoms in total. The van der Waals surface area contributed by atoms with Gasteiger partial charge in [0.05, 0.1) is 22.2 Å². The van der Waals surface area contributed by atoms with E-state index in [0.717, 1.165) is 5.56 Å². The summed E-state index contributed by atoms with van der Waals surface area (Å²) in [6, 6.07) is 19.5. The quantitative estimate of drug-likeness (QED) is 0.477. The molecule has 0 saturated heterocycles. The zero-order valence-corrected chi connectivity index (χ0v) is 19.4. The number of benzene rings is 3. The molecule has 0 radical (unpaired) electrons. The fourth-order valence-corrected chi connectivity index (χ4v) is 4.65. The van der Waals surface area contributed by atoms with Crippen LogP contribution in [-0.4, -0.2) is 27.0 Å². The topological polar surface area (TPSA) is 84.5 Å². The average Bonchev–Trinajstić information content (AvgIpc) is 2.77. The Morgan fingerprint density at radius 2 is 1.72 bits per heavy atom. The number of aryl methyl sites for hydroxylation is 1. The van der Waals surface area contributed by atoms with Crippen molar-refractivity contribution in [1.82, 2.24) is 4.72 Å². The second-order valence-corrected chi connectivity index (χ2v) is 9.31. The van der Waals surface area contributed by atoms with Gasteiger partial charge in [0.1, 0.15) is 11.8 Å². The molecule has 0 fully saturated rings. The molecule has 1 unspecified atom stereocenters. The summed E-state index contributed by atoms with van der Waals surface area (Å²) >= 11 is 6.15. The van der Waals surface area contributed by atoms with E-state index in [2.05, 4.69) is 10.0 Å². The maximum absolute atomic E-state index is 13.1. The Labute approximate surface area is 193 Å². The van der Waals surface area contributed by atoms with Crippen LogP contribution in [0.25, 0.3) is 0 Å². The monoisotopic (exact) mass is 472 g/mol. The molecule has 32 heavy (non-hydrogen) atoms. The highest BCUT2D eigenvalue weighted by Crippen LogP contribution is 2.23. The molecule has 1 amide bonds. The van der Waals surface area contributed by atoms with Crippen LogP contribution in [0.4, 0.5) is 5.69 Å². The maximum atomic E-state index is 13.1. The van der Waals surface area contributed by atoms with E-state index in [4.69, 9.17) is 16.3 Å². The number of hydrogen-bond acceptors (Lipinski definition) is 4. The second kappa shape index (κ2) is 10.6. The Morgan fingerprint density at radius 3 is 2.38 bits per heavy atom. The SMILES string of the molecule is CCOc1ccc(S(=O)(=O)NC(Cc2ccccc2)C(=O)Nc2ccccc2Cl)cc1C. The molecule has 3 aromatic rings. The van der Waals surface area contributed by atoms with E-state index in [1.165, 1.54) is 12.1 Å². The first-order valence-electron chi connectivity index (χ1n) is 10.1. The Kier molecular flexibility index (Phi) is 7.90. The molecule has 0 bridgehead atoms. The first-order chi connectivity index (χ1) is 15.3. The van der Waals surface area contributed by atoms with E-state index in [1.54, 1.807) is 37.3 Å². The zero-order valence-electron chi connectivity index (χ0n) is 17.8. The van der Waals surface area contributed by atoms with Crippen molar-refractivity contribution < 1.29 is 17.9 Å². The van der Waals surface area contributed by atoms with Crippen LogP contribution in [0.2, 0.25) is 5.02 Å². The third-order valence-corrected chi connectivity index (χ3v) is 6.58. The van der Waals surface area contributed by atoms with Gasteiger partial charge >= 0.3 is 0 Å². The molecule has 0 spiro atoms. The molecule has 8 heteroatoms. The van der Waals surface area contributed by atoms with Gasteiger partial charge in [0, 0.05) is 0 Å². The molecule has 168 valence electrons. The fourth-order valence-electron chi connectivity index (χ4n) is 3.18. The normalized spacial score (nSPS) is 12.2. The zero-order chi connectivity index (χ0) is 23.1. The second-order valence-electron chi connectivity index (χ2n) is 7.19. The summed E-state index contributed by atoms with van der Waals surface area (Å²) in [5.41, 5.74) is 1.92. The minimum atomic E-state index is -3.98. The van der Waals surface area contributed by atoms with E-state index < -0.39 is 22.0 Å². The number of rotatable bonds is 9. The Hall–Kier alpha value is -2.87. The summed E-state index contributed by atoms with van der Waals surface area (Å²) in [4.78, 5) is 13.1. The number of carbonyl (C=O) groups is 1. The van der Waals surface area contributed by atoms with Crippen LogP contribution in [0.5, 0.6) is 5.75 Å². The summed E-state index contributed by atoms with van der Waals surface area (Å²) in [6.45, 7) is 4.11. The van der Waals surface area contributed by atoms with E-state index in [1.807, 2.05) is 37.3 Å². The van der Waals surface area contributed by atoms with Crippen LogP contribution >= 0.6 is 11.6 Å². The van der Waals surface area contributed by atoms with Gasteiger partial charge in [-0.15, -0.1) is 0 Å². The van der Waals surface area contributed by atoms with Crippen molar-refractivity contribution in [2.45, 2.75) is 31.2 Å². The van der Waals surface area contributed by atoms with Gasteiger partial charge in [-0.1, -0.05) is 54.1 Å². The summed E-state index contributed by atoms with van der Waals surface area (Å²) in [5.74, 6) is 0.108. The predicted octanol–water partition coefficient (Wildman–Crippen LogP) is 4.58. The van der Waals surface area contributed by atoms with Gasteiger partial charge in [0.15, 0.2) is 0 Å². The largest absolute Gasteiger partial charge is 0.494 e. The molecule has 0 aliphatic rings. The summed E-state index contributed by atoms with van der Waals surface area (Å²) in [5, 5.41) is 3.09. The lowest BCUT2D eigenvalue weighted by Crippen LogP contribution is -2.45. The number of anilines is 1. The van der Waals surface area contributed by atoms with Crippen molar-refractivity contribution in [1.29, 1.82) is 0 Å². The average molecular weight is 473 g/mol. The van der Waals surface area contributed by atoms with Crippen LogP contribution in [0, 0.1) is 6.92 Å². The van der Waals surface area contributed by atoms with Gasteiger partial charge in [-0.2, -0.15) is 4.72 Å². The van der Waals surface area contributed by atoms with Gasteiger partial charge in [0.2, 0.25) is 15.9 Å². The van der Waals surface area contributed by atoms with Crippen molar-refractivity contribution in [3.8, 4) is 5.75 Å². The van der Waals surface area contributed by atoms with E-state index in [0.29, 0.717) is 28.6 Å². The highest BCUT2D eigenvalue weighted by atomic mass is 35.5. The number of carbonyl (C=O) groups excluding carboxylic acids is 1. The smallest absolute Gasteiger partial charge is 0.242 e. The number of ether oxygens (including phenoxy) is 1. The van der Waals surface area contributed by atoms with Crippen molar-refractivity contribution in [3.63, 3.8) is 0 Å². The number of sulfonamides is 1. The minimum absolute atomic E-state index is 0.0575. The Bertz CT molecular complexity index is 1180. The lowest BCUT2D eigenvalue weighted by atomic mass is 10.1. The van der Waals surface area contributed by atoms with Gasteiger partial charge in [-0.3, -0.25) is 4.79 Å². The number of halogens is 1. The third-order valence-electron chi connectivity index (χ3n) is 4.78. The summed E-state index contributed by atoms with van der Waals surface area (Å²) in [6.07, 6.45) is 0.173. The molecule has 0 aliphatic heterocycles. The standard InChI is InChI=1S/C24H25ClN2O4S/c1-3-31-23-14-13-19(15-17(23)2)32(29,30)27-22(16-18-9-5-4-6-10-18)24(28)26-21-12-8-7-11-20(21)25/h4-15,22,27H,3,16H2,1-2H3,(H,26,28). The molecule has 3 aromatic carbocycles. The summed E-state index contributed by atoms with van der Waals surface area (Å²) < 4.78 is 34.3. The van der Waals surface area contributed by atoms with Crippen LogP contribution in [-0.2, 0) is 21.2 Å². The van der Waals surface area contributed by atoms with Crippen molar-refractivity contribution in [2.24, 2.45) is 0 Å². The van der Waals surface area contributed by atoms with Crippen molar-refractivity contribution >= 4 is 33.2 Å². The van der Waals surface area contributed by atoms with Crippen LogP contribution < -0.4 is 14.8 Å². The molecule has 0 aliphatic carbocycles. The number of nitrogens with one attached hydrogen (secondary N) is 2. The molecule has 1 atom stereocenters. The summed E-state index contributed by atoms with van der Waals surface area (Å²) in [7, 11) is -3.98. The van der Waals surface area contributed by atoms with Gasteiger partial charge < -0.3 is 10.1 Å². The maximum Gasteiger partial charge on any atom is 0.242 e. The third kappa shape index (κ3) is 6.09. The van der Waals surface area contributed by atoms with E-state index in [9.17, 15) is 13.2 Å². The molecule has 2 N–H and O–H groups in total. The number of amides is 1. The number of para-hydroxylation sites is 1. The minimum Gasteiger partial charge on any atom is -0.494 e. The van der Waals surface area contributed by atoms with Crippen LogP contribution in [0.15, 0.2) is 77.7 Å². The van der Waals surface area contributed by atoms with Crippen molar-refractivity contribution in [3.05, 3.63) is 88.9 Å². The van der Waals surface area contributed by atoms with Crippen molar-refractivity contribution in [2.75, 3.05) is 11.9 Å². The number of hydrogen-bond donors (Lipinski definition) is 2. The molecular formula is C24H25ClN2O4S. The lowest BCUT2D eigenvalue weighted by molar-refractivity contribution is -0.117. The Morgan fingerprint density at radius 1 is 1.03 bits per heavy atom. The van der Waals surface area contributed by atoms with Crippen LogP contribution in [0.3, 0.4) is 0 Å². The highest BCUT2D eigenvalue weighted by Gasteiger charge is 2.27. The highest BCUT2D eigenvalue weighted by molar-refractivity contribution is 7.89. The molecular weight excluding hydrogens is 448 g/mol. The first-order valence-corrected chi connectivity index (χ1v) is 12.0. The predicted molar refractivity (Wildman–Crippen MR) is 127 cm³/mol. The molecule has 0 saturated carbocycles. The van der Waals surface area contributed by atoms with Gasteiger partial charge in [0.25, 0.3) is 0 Å². The van der Waals surface area contributed by atoms with Gasteiger partial charge in [-0.25, -0.2) is 8.42 Å². The fraction of sp³-hybridized carbons (Fsp3) is 0.208. The van der Waals surface area contributed by atoms with E-state index in [-0.39, 0.29) is 11.3 Å².